The zero-order valence-corrected chi connectivity index (χ0v) is 7.02. The van der Waals surface area contributed by atoms with Crippen LogP contribution >= 0.6 is 0 Å². The number of hydrogen-bond acceptors (Lipinski definition) is 2. The molecular formula is C10H14O2. The van der Waals surface area contributed by atoms with Gasteiger partial charge in [0.25, 0.3) is 0 Å². The van der Waals surface area contributed by atoms with Crippen LogP contribution in [0.25, 0.3) is 0 Å². The summed E-state index contributed by atoms with van der Waals surface area (Å²) >= 11 is 0. The first-order valence-corrected chi connectivity index (χ1v) is 5.18. The van der Waals surface area contributed by atoms with Crippen molar-refractivity contribution in [2.45, 2.75) is 37.6 Å². The average Bonchev–Trinajstić information content (AvgIpc) is 2.42. The van der Waals surface area contributed by atoms with E-state index in [0.29, 0.717) is 18.1 Å². The van der Waals surface area contributed by atoms with Crippen molar-refractivity contribution < 1.29 is 9.84 Å². The van der Waals surface area contributed by atoms with Crippen LogP contribution in [0, 0.1) is 23.7 Å². The van der Waals surface area contributed by atoms with E-state index in [9.17, 15) is 5.11 Å². The van der Waals surface area contributed by atoms with Gasteiger partial charge in [-0.3, -0.25) is 0 Å². The second kappa shape index (κ2) is 1.73. The monoisotopic (exact) mass is 166 g/mol. The minimum absolute atomic E-state index is 0.0131. The number of hydrogen-bond donors (Lipinski definition) is 1. The average molecular weight is 166 g/mol. The fraction of sp³-hybridized carbons (Fsp3) is 1.00. The molecule has 0 aromatic carbocycles. The molecule has 3 aliphatic carbocycles. The Morgan fingerprint density at radius 3 is 2.92 bits per heavy atom. The fourth-order valence-corrected chi connectivity index (χ4v) is 4.27. The Balaban J connectivity index is 1.74. The van der Waals surface area contributed by atoms with Gasteiger partial charge in [0.2, 0.25) is 0 Å². The largest absolute Gasteiger partial charge is 0.393 e. The maximum atomic E-state index is 9.75. The molecule has 3 saturated carbocycles. The summed E-state index contributed by atoms with van der Waals surface area (Å²) in [6.45, 7) is 0. The second-order valence-electron chi connectivity index (χ2n) is 5.08. The van der Waals surface area contributed by atoms with E-state index in [1.165, 1.54) is 12.8 Å². The van der Waals surface area contributed by atoms with Gasteiger partial charge in [0.1, 0.15) is 0 Å². The van der Waals surface area contributed by atoms with Gasteiger partial charge < -0.3 is 9.84 Å². The zero-order valence-electron chi connectivity index (χ0n) is 7.02. The molecule has 0 amide bonds. The third-order valence-electron chi connectivity index (χ3n) is 4.71. The number of fused-ring (bicyclic) bond motifs is 7. The maximum Gasteiger partial charge on any atom is 0.0876 e. The van der Waals surface area contributed by atoms with Gasteiger partial charge in [0.15, 0.2) is 0 Å². The zero-order chi connectivity index (χ0) is 7.87. The summed E-state index contributed by atoms with van der Waals surface area (Å²) in [7, 11) is 0. The summed E-state index contributed by atoms with van der Waals surface area (Å²) in [6.07, 6.45) is 4.88. The molecule has 4 aliphatic rings. The van der Waals surface area contributed by atoms with Crippen molar-refractivity contribution in [3.63, 3.8) is 0 Å². The Morgan fingerprint density at radius 1 is 1.08 bits per heavy atom. The first kappa shape index (κ1) is 6.39. The summed E-state index contributed by atoms with van der Waals surface area (Å²) in [4.78, 5) is 0. The van der Waals surface area contributed by atoms with Gasteiger partial charge in [-0.1, -0.05) is 0 Å². The Labute approximate surface area is 71.9 Å². The van der Waals surface area contributed by atoms with Crippen LogP contribution in [0.15, 0.2) is 0 Å². The van der Waals surface area contributed by atoms with Crippen molar-refractivity contribution in [1.29, 1.82) is 0 Å². The highest BCUT2D eigenvalue weighted by Gasteiger charge is 2.66. The number of aliphatic hydroxyl groups excluding tert-OH is 1. The summed E-state index contributed by atoms with van der Waals surface area (Å²) < 4.78 is 5.56. The van der Waals surface area contributed by atoms with Crippen LogP contribution in [0.5, 0.6) is 0 Å². The molecule has 7 atom stereocenters. The summed E-state index contributed by atoms with van der Waals surface area (Å²) in [5.41, 5.74) is 0. The molecule has 1 heterocycles. The highest BCUT2D eigenvalue weighted by atomic mass is 16.6. The molecule has 2 heteroatoms. The summed E-state index contributed by atoms with van der Waals surface area (Å²) in [5.74, 6) is 3.15. The van der Waals surface area contributed by atoms with Crippen molar-refractivity contribution >= 4 is 0 Å². The Morgan fingerprint density at radius 2 is 2.00 bits per heavy atom. The van der Waals surface area contributed by atoms with Crippen molar-refractivity contribution in [2.24, 2.45) is 23.7 Å². The van der Waals surface area contributed by atoms with Crippen LogP contribution in [0.2, 0.25) is 0 Å². The number of aliphatic hydroxyl groups is 1. The fourth-order valence-electron chi connectivity index (χ4n) is 4.27. The van der Waals surface area contributed by atoms with Crippen LogP contribution in [0.1, 0.15) is 19.3 Å². The number of rotatable bonds is 0. The maximum absolute atomic E-state index is 9.75. The molecular weight excluding hydrogens is 152 g/mol. The predicted octanol–water partition coefficient (Wildman–Crippen LogP) is 0.791. The number of epoxide rings is 1. The molecule has 0 aromatic heterocycles. The van der Waals surface area contributed by atoms with E-state index in [1.807, 2.05) is 0 Å². The molecule has 4 fully saturated rings. The van der Waals surface area contributed by atoms with E-state index >= 15 is 0 Å². The van der Waals surface area contributed by atoms with E-state index in [1.54, 1.807) is 0 Å². The molecule has 7 unspecified atom stereocenters. The van der Waals surface area contributed by atoms with Gasteiger partial charge >= 0.3 is 0 Å². The molecule has 1 N–H and O–H groups in total. The van der Waals surface area contributed by atoms with E-state index in [4.69, 9.17) is 4.74 Å². The van der Waals surface area contributed by atoms with Gasteiger partial charge in [-0.2, -0.15) is 0 Å². The minimum Gasteiger partial charge on any atom is -0.393 e. The third-order valence-corrected chi connectivity index (χ3v) is 4.71. The molecule has 2 nitrogen and oxygen atoms in total. The molecule has 12 heavy (non-hydrogen) atoms. The highest BCUT2D eigenvalue weighted by Crippen LogP contribution is 2.64. The molecule has 0 spiro atoms. The number of ether oxygens (including phenoxy) is 1. The van der Waals surface area contributed by atoms with Crippen LogP contribution in [-0.2, 0) is 4.74 Å². The summed E-state index contributed by atoms with van der Waals surface area (Å²) in [5, 5.41) is 9.75. The van der Waals surface area contributed by atoms with Gasteiger partial charge in [0, 0.05) is 0 Å². The highest BCUT2D eigenvalue weighted by molar-refractivity contribution is 5.14. The SMILES string of the molecule is OC1CC2CC1C1C2CC2OC21. The molecule has 0 aromatic rings. The molecule has 4 rings (SSSR count). The van der Waals surface area contributed by atoms with Crippen LogP contribution < -0.4 is 0 Å². The topological polar surface area (TPSA) is 32.8 Å². The van der Waals surface area contributed by atoms with Gasteiger partial charge in [-0.15, -0.1) is 0 Å². The van der Waals surface area contributed by atoms with E-state index in [2.05, 4.69) is 0 Å². The molecule has 1 aliphatic heterocycles. The Bertz CT molecular complexity index is 240. The quantitative estimate of drug-likeness (QED) is 0.540. The third kappa shape index (κ3) is 0.549. The first-order valence-electron chi connectivity index (χ1n) is 5.18. The Hall–Kier alpha value is -0.0800. The van der Waals surface area contributed by atoms with Crippen LogP contribution in [-0.4, -0.2) is 23.4 Å². The van der Waals surface area contributed by atoms with Gasteiger partial charge in [-0.25, -0.2) is 0 Å². The first-order chi connectivity index (χ1) is 5.84. The normalized spacial score (nSPS) is 71.2. The van der Waals surface area contributed by atoms with Crippen molar-refractivity contribution in [2.75, 3.05) is 0 Å². The standard InChI is InChI=1S/C10H14O2/c11-7-2-4-1-6(7)9-5(4)3-8-10(9)12-8/h4-11H,1-3H2. The molecule has 2 bridgehead atoms. The second-order valence-corrected chi connectivity index (χ2v) is 5.08. The smallest absolute Gasteiger partial charge is 0.0876 e. The lowest BCUT2D eigenvalue weighted by Gasteiger charge is -2.29. The van der Waals surface area contributed by atoms with Gasteiger partial charge in [0.05, 0.1) is 18.3 Å². The molecule has 1 saturated heterocycles. The molecule has 0 radical (unpaired) electrons. The van der Waals surface area contributed by atoms with E-state index < -0.39 is 0 Å². The lowest BCUT2D eigenvalue weighted by atomic mass is 9.79. The van der Waals surface area contributed by atoms with Crippen molar-refractivity contribution in [1.82, 2.24) is 0 Å². The van der Waals surface area contributed by atoms with Gasteiger partial charge in [-0.05, 0) is 42.9 Å². The molecule has 66 valence electrons. The van der Waals surface area contributed by atoms with Crippen molar-refractivity contribution in [3.8, 4) is 0 Å². The van der Waals surface area contributed by atoms with Crippen molar-refractivity contribution in [3.05, 3.63) is 0 Å². The van der Waals surface area contributed by atoms with E-state index in [0.717, 1.165) is 24.2 Å². The van der Waals surface area contributed by atoms with Crippen LogP contribution in [0.4, 0.5) is 0 Å². The minimum atomic E-state index is 0.0131. The van der Waals surface area contributed by atoms with E-state index in [-0.39, 0.29) is 6.10 Å². The Kier molecular flexibility index (Phi) is 0.921. The lowest BCUT2D eigenvalue weighted by Crippen LogP contribution is -2.31. The predicted molar refractivity (Wildman–Crippen MR) is 42.5 cm³/mol. The van der Waals surface area contributed by atoms with Crippen LogP contribution in [0.3, 0.4) is 0 Å². The summed E-state index contributed by atoms with van der Waals surface area (Å²) in [6, 6.07) is 0. The lowest BCUT2D eigenvalue weighted by molar-refractivity contribution is 0.0370.